The van der Waals surface area contributed by atoms with Crippen LogP contribution in [0.2, 0.25) is 10.0 Å². The zero-order valence-electron chi connectivity index (χ0n) is 10.9. The van der Waals surface area contributed by atoms with E-state index in [1.54, 1.807) is 0 Å². The monoisotopic (exact) mass is 370 g/mol. The van der Waals surface area contributed by atoms with Crippen LogP contribution in [0.15, 0.2) is 30.3 Å². The molecule has 0 spiro atoms. The first-order valence-corrected chi connectivity index (χ1v) is 8.09. The molecular formula is C16H13BrCl2O. The molecule has 3 rings (SSSR count). The van der Waals surface area contributed by atoms with Crippen molar-refractivity contribution in [2.75, 3.05) is 6.61 Å². The lowest BCUT2D eigenvalue weighted by Gasteiger charge is -2.17. The van der Waals surface area contributed by atoms with Crippen molar-refractivity contribution in [3.8, 4) is 5.75 Å². The molecule has 1 aliphatic rings. The number of rotatable bonds is 2. The van der Waals surface area contributed by atoms with Crippen LogP contribution in [0.1, 0.15) is 27.1 Å². The number of alkyl halides is 1. The van der Waals surface area contributed by atoms with Gasteiger partial charge in [0.05, 0.1) is 11.4 Å². The Morgan fingerprint density at radius 3 is 2.80 bits per heavy atom. The molecule has 1 nitrogen and oxygen atoms in total. The van der Waals surface area contributed by atoms with Crippen LogP contribution in [0.5, 0.6) is 5.75 Å². The maximum absolute atomic E-state index is 6.23. The van der Waals surface area contributed by atoms with Gasteiger partial charge in [-0.2, -0.15) is 0 Å². The quantitative estimate of drug-likeness (QED) is 0.613. The van der Waals surface area contributed by atoms with Crippen LogP contribution < -0.4 is 4.74 Å². The highest BCUT2D eigenvalue weighted by atomic mass is 79.9. The minimum absolute atomic E-state index is 0.0201. The van der Waals surface area contributed by atoms with Crippen LogP contribution in [-0.4, -0.2) is 6.61 Å². The van der Waals surface area contributed by atoms with Crippen molar-refractivity contribution < 1.29 is 4.74 Å². The molecule has 2 aromatic carbocycles. The number of benzene rings is 2. The predicted octanol–water partition coefficient (Wildman–Crippen LogP) is 5.72. The third kappa shape index (κ3) is 2.45. The van der Waals surface area contributed by atoms with Gasteiger partial charge in [-0.15, -0.1) is 0 Å². The molecule has 1 heterocycles. The van der Waals surface area contributed by atoms with Gasteiger partial charge in [-0.3, -0.25) is 0 Å². The Balaban J connectivity index is 2.11. The summed E-state index contributed by atoms with van der Waals surface area (Å²) in [6.07, 6.45) is 0.914. The summed E-state index contributed by atoms with van der Waals surface area (Å²) >= 11 is 16.2. The zero-order valence-corrected chi connectivity index (χ0v) is 14.0. The Kier molecular flexibility index (Phi) is 3.98. The molecule has 0 saturated heterocycles. The second kappa shape index (κ2) is 5.59. The molecule has 0 aliphatic carbocycles. The number of hydrogen-bond acceptors (Lipinski definition) is 1. The zero-order chi connectivity index (χ0) is 14.3. The summed E-state index contributed by atoms with van der Waals surface area (Å²) in [5.74, 6) is 0.954. The van der Waals surface area contributed by atoms with E-state index in [4.69, 9.17) is 27.9 Å². The molecule has 0 aromatic heterocycles. The maximum Gasteiger partial charge on any atom is 0.127 e. The molecule has 0 radical (unpaired) electrons. The molecular weight excluding hydrogens is 359 g/mol. The third-order valence-corrected chi connectivity index (χ3v) is 5.25. The van der Waals surface area contributed by atoms with Crippen molar-refractivity contribution in [1.82, 2.24) is 0 Å². The predicted molar refractivity (Wildman–Crippen MR) is 87.6 cm³/mol. The Bertz CT molecular complexity index is 670. The lowest BCUT2D eigenvalue weighted by Crippen LogP contribution is -1.99. The number of ether oxygens (including phenoxy) is 1. The highest BCUT2D eigenvalue weighted by molar-refractivity contribution is 9.09. The van der Waals surface area contributed by atoms with Crippen molar-refractivity contribution >= 4 is 39.1 Å². The van der Waals surface area contributed by atoms with E-state index in [-0.39, 0.29) is 4.83 Å². The van der Waals surface area contributed by atoms with Gasteiger partial charge in [0.2, 0.25) is 0 Å². The highest BCUT2D eigenvalue weighted by Crippen LogP contribution is 2.43. The summed E-state index contributed by atoms with van der Waals surface area (Å²) < 4.78 is 5.78. The van der Waals surface area contributed by atoms with Crippen molar-refractivity contribution in [2.24, 2.45) is 0 Å². The first kappa shape index (κ1) is 14.2. The fraction of sp³-hybridized carbons (Fsp3) is 0.250. The van der Waals surface area contributed by atoms with Gasteiger partial charge in [-0.05, 0) is 41.8 Å². The van der Waals surface area contributed by atoms with E-state index >= 15 is 0 Å². The van der Waals surface area contributed by atoms with Gasteiger partial charge in [0.15, 0.2) is 0 Å². The van der Waals surface area contributed by atoms with E-state index in [1.165, 1.54) is 5.56 Å². The lowest BCUT2D eigenvalue weighted by molar-refractivity contribution is 0.354. The Morgan fingerprint density at radius 1 is 1.20 bits per heavy atom. The molecule has 20 heavy (non-hydrogen) atoms. The lowest BCUT2D eigenvalue weighted by atomic mass is 9.98. The summed E-state index contributed by atoms with van der Waals surface area (Å²) in [6, 6.07) is 9.88. The van der Waals surface area contributed by atoms with E-state index < -0.39 is 0 Å². The van der Waals surface area contributed by atoms with Gasteiger partial charge in [0, 0.05) is 22.0 Å². The van der Waals surface area contributed by atoms with Gasteiger partial charge >= 0.3 is 0 Å². The largest absolute Gasteiger partial charge is 0.493 e. The van der Waals surface area contributed by atoms with Crippen LogP contribution in [0.25, 0.3) is 0 Å². The van der Waals surface area contributed by atoms with Crippen molar-refractivity contribution in [2.45, 2.75) is 18.2 Å². The van der Waals surface area contributed by atoms with E-state index in [9.17, 15) is 0 Å². The van der Waals surface area contributed by atoms with Crippen molar-refractivity contribution in [3.05, 3.63) is 62.6 Å². The average molecular weight is 372 g/mol. The van der Waals surface area contributed by atoms with Crippen LogP contribution in [0.3, 0.4) is 0 Å². The van der Waals surface area contributed by atoms with E-state index in [2.05, 4.69) is 22.0 Å². The minimum atomic E-state index is 0.0201. The average Bonchev–Trinajstić information content (AvgIpc) is 2.88. The van der Waals surface area contributed by atoms with Crippen LogP contribution >= 0.6 is 39.1 Å². The van der Waals surface area contributed by atoms with E-state index in [0.717, 1.165) is 45.5 Å². The van der Waals surface area contributed by atoms with Gasteiger partial charge < -0.3 is 4.74 Å². The summed E-state index contributed by atoms with van der Waals surface area (Å²) in [6.45, 7) is 2.74. The molecule has 1 aliphatic heterocycles. The van der Waals surface area contributed by atoms with Gasteiger partial charge in [0.1, 0.15) is 5.75 Å². The molecule has 2 aromatic rings. The maximum atomic E-state index is 6.23. The minimum Gasteiger partial charge on any atom is -0.493 e. The Hall–Kier alpha value is -0.700. The smallest absolute Gasteiger partial charge is 0.127 e. The second-order valence-corrected chi connectivity index (χ2v) is 6.66. The van der Waals surface area contributed by atoms with Crippen LogP contribution in [0.4, 0.5) is 0 Å². The molecule has 0 bridgehead atoms. The molecule has 4 heteroatoms. The van der Waals surface area contributed by atoms with Gasteiger partial charge in [-0.25, -0.2) is 0 Å². The normalized spacial score (nSPS) is 14.8. The Morgan fingerprint density at radius 2 is 2.00 bits per heavy atom. The molecule has 104 valence electrons. The second-order valence-electron chi connectivity index (χ2n) is 4.90. The first-order valence-electron chi connectivity index (χ1n) is 6.42. The van der Waals surface area contributed by atoms with Crippen molar-refractivity contribution in [3.63, 3.8) is 0 Å². The molecule has 0 N–H and O–H groups in total. The molecule has 1 unspecified atom stereocenters. The van der Waals surface area contributed by atoms with Gasteiger partial charge in [-0.1, -0.05) is 51.3 Å². The SMILES string of the molecule is Cc1c(Cl)cccc1C(Br)c1cc(Cl)cc2c1OCC2. The fourth-order valence-corrected chi connectivity index (χ4v) is 3.82. The first-order chi connectivity index (χ1) is 9.58. The summed E-state index contributed by atoms with van der Waals surface area (Å²) in [4.78, 5) is 0.0201. The van der Waals surface area contributed by atoms with E-state index in [0.29, 0.717) is 0 Å². The fourth-order valence-electron chi connectivity index (χ4n) is 2.55. The molecule has 0 fully saturated rings. The van der Waals surface area contributed by atoms with Gasteiger partial charge in [0.25, 0.3) is 0 Å². The Labute approximate surface area is 137 Å². The number of halogens is 3. The van der Waals surface area contributed by atoms with Crippen LogP contribution in [-0.2, 0) is 6.42 Å². The summed E-state index contributed by atoms with van der Waals surface area (Å²) in [5.41, 5.74) is 4.45. The number of fused-ring (bicyclic) bond motifs is 1. The number of hydrogen-bond donors (Lipinski definition) is 0. The van der Waals surface area contributed by atoms with Crippen molar-refractivity contribution in [1.29, 1.82) is 0 Å². The molecule has 0 amide bonds. The molecule has 0 saturated carbocycles. The summed E-state index contributed by atoms with van der Waals surface area (Å²) in [5, 5.41) is 1.51. The standard InChI is InChI=1S/C16H13BrCl2O/c1-9-12(3-2-4-14(9)19)15(17)13-8-11(18)7-10-5-6-20-16(10)13/h2-4,7-8,15H,5-6H2,1H3. The van der Waals surface area contributed by atoms with Crippen LogP contribution in [0, 0.1) is 6.92 Å². The topological polar surface area (TPSA) is 9.23 Å². The molecule has 1 atom stereocenters. The summed E-state index contributed by atoms with van der Waals surface area (Å²) in [7, 11) is 0. The highest BCUT2D eigenvalue weighted by Gasteiger charge is 2.24. The van der Waals surface area contributed by atoms with E-state index in [1.807, 2.05) is 31.2 Å². The third-order valence-electron chi connectivity index (χ3n) is 3.63.